The highest BCUT2D eigenvalue weighted by atomic mass is 16.5. The van der Waals surface area contributed by atoms with E-state index in [0.29, 0.717) is 5.82 Å². The molecular weight excluding hydrogens is 206 g/mol. The number of hydrogen-bond donors (Lipinski definition) is 1. The molecule has 0 saturated carbocycles. The summed E-state index contributed by atoms with van der Waals surface area (Å²) >= 11 is 0. The van der Waals surface area contributed by atoms with E-state index in [4.69, 9.17) is 10.5 Å². The fraction of sp³-hybridized carbons (Fsp3) is 0.273. The maximum Gasteiger partial charge on any atom is 0.213 e. The molecule has 0 aliphatic heterocycles. The van der Waals surface area contributed by atoms with Crippen LogP contribution < -0.4 is 10.5 Å². The molecule has 1 atom stereocenters. The van der Waals surface area contributed by atoms with Gasteiger partial charge in [0.25, 0.3) is 0 Å². The normalized spacial score (nSPS) is 12.4. The SMILES string of the molecule is C[C@@H](N)c1ccccc1OCc1ncon1. The van der Waals surface area contributed by atoms with Gasteiger partial charge in [0.05, 0.1) is 0 Å². The maximum absolute atomic E-state index is 5.83. The predicted molar refractivity (Wildman–Crippen MR) is 57.7 cm³/mol. The van der Waals surface area contributed by atoms with E-state index in [2.05, 4.69) is 14.7 Å². The molecule has 84 valence electrons. The van der Waals surface area contributed by atoms with Gasteiger partial charge in [0.1, 0.15) is 5.75 Å². The van der Waals surface area contributed by atoms with Gasteiger partial charge in [0, 0.05) is 11.6 Å². The minimum Gasteiger partial charge on any atom is -0.485 e. The van der Waals surface area contributed by atoms with Gasteiger partial charge in [-0.15, -0.1) is 0 Å². The third kappa shape index (κ3) is 2.38. The van der Waals surface area contributed by atoms with Crippen molar-refractivity contribution in [3.63, 3.8) is 0 Å². The van der Waals surface area contributed by atoms with Crippen LogP contribution in [0.5, 0.6) is 5.75 Å². The van der Waals surface area contributed by atoms with Crippen molar-refractivity contribution in [2.45, 2.75) is 19.6 Å². The highest BCUT2D eigenvalue weighted by Crippen LogP contribution is 2.23. The predicted octanol–water partition coefficient (Wildman–Crippen LogP) is 1.67. The van der Waals surface area contributed by atoms with Gasteiger partial charge in [0.2, 0.25) is 12.2 Å². The molecule has 0 unspecified atom stereocenters. The van der Waals surface area contributed by atoms with Crippen LogP contribution in [-0.4, -0.2) is 10.1 Å². The average Bonchev–Trinajstić information content (AvgIpc) is 2.79. The summed E-state index contributed by atoms with van der Waals surface area (Å²) in [6, 6.07) is 7.58. The number of aromatic nitrogens is 2. The molecule has 16 heavy (non-hydrogen) atoms. The van der Waals surface area contributed by atoms with Gasteiger partial charge in [-0.25, -0.2) is 0 Å². The first-order valence-electron chi connectivity index (χ1n) is 5.00. The Morgan fingerprint density at radius 3 is 2.94 bits per heavy atom. The van der Waals surface area contributed by atoms with Crippen molar-refractivity contribution in [3.8, 4) is 5.75 Å². The van der Waals surface area contributed by atoms with E-state index < -0.39 is 0 Å². The number of ether oxygens (including phenoxy) is 1. The molecule has 0 bridgehead atoms. The molecule has 0 spiro atoms. The fourth-order valence-electron chi connectivity index (χ4n) is 1.39. The van der Waals surface area contributed by atoms with Gasteiger partial charge in [0.15, 0.2) is 6.61 Å². The molecule has 0 aliphatic rings. The van der Waals surface area contributed by atoms with Crippen LogP contribution in [0, 0.1) is 0 Å². The molecule has 5 heteroatoms. The second kappa shape index (κ2) is 4.76. The van der Waals surface area contributed by atoms with Gasteiger partial charge in [-0.2, -0.15) is 4.98 Å². The molecule has 2 rings (SSSR count). The van der Waals surface area contributed by atoms with Crippen LogP contribution >= 0.6 is 0 Å². The number of hydrogen-bond acceptors (Lipinski definition) is 5. The zero-order valence-corrected chi connectivity index (χ0v) is 8.96. The van der Waals surface area contributed by atoms with Gasteiger partial charge < -0.3 is 15.0 Å². The van der Waals surface area contributed by atoms with Gasteiger partial charge in [-0.05, 0) is 13.0 Å². The van der Waals surface area contributed by atoms with E-state index in [9.17, 15) is 0 Å². The minimum absolute atomic E-state index is 0.0681. The van der Waals surface area contributed by atoms with Crippen molar-refractivity contribution >= 4 is 0 Å². The van der Waals surface area contributed by atoms with Gasteiger partial charge in [-0.1, -0.05) is 23.4 Å². The Hall–Kier alpha value is -1.88. The Morgan fingerprint density at radius 2 is 2.25 bits per heavy atom. The van der Waals surface area contributed by atoms with Crippen LogP contribution in [0.3, 0.4) is 0 Å². The van der Waals surface area contributed by atoms with Crippen molar-refractivity contribution in [3.05, 3.63) is 42.0 Å². The smallest absolute Gasteiger partial charge is 0.213 e. The lowest BCUT2D eigenvalue weighted by Crippen LogP contribution is -2.08. The Labute approximate surface area is 93.2 Å². The van der Waals surface area contributed by atoms with Crippen LogP contribution in [0.1, 0.15) is 24.4 Å². The maximum atomic E-state index is 5.83. The zero-order chi connectivity index (χ0) is 11.4. The van der Waals surface area contributed by atoms with Crippen molar-refractivity contribution in [1.29, 1.82) is 0 Å². The first-order valence-corrected chi connectivity index (χ1v) is 5.00. The monoisotopic (exact) mass is 219 g/mol. The fourth-order valence-corrected chi connectivity index (χ4v) is 1.39. The van der Waals surface area contributed by atoms with Crippen LogP contribution in [0.4, 0.5) is 0 Å². The zero-order valence-electron chi connectivity index (χ0n) is 8.96. The first-order chi connectivity index (χ1) is 7.77. The lowest BCUT2D eigenvalue weighted by atomic mass is 10.1. The highest BCUT2D eigenvalue weighted by Gasteiger charge is 2.08. The molecular formula is C11H13N3O2. The van der Waals surface area contributed by atoms with Crippen molar-refractivity contribution in [2.24, 2.45) is 5.73 Å². The van der Waals surface area contributed by atoms with E-state index in [1.807, 2.05) is 31.2 Å². The molecule has 0 amide bonds. The number of nitrogens with zero attached hydrogens (tertiary/aromatic N) is 2. The van der Waals surface area contributed by atoms with Crippen LogP contribution in [0.2, 0.25) is 0 Å². The van der Waals surface area contributed by atoms with Crippen LogP contribution in [0.25, 0.3) is 0 Å². The first kappa shape index (κ1) is 10.6. The lowest BCUT2D eigenvalue weighted by Gasteiger charge is -2.12. The summed E-state index contributed by atoms with van der Waals surface area (Å²) in [4.78, 5) is 3.87. The minimum atomic E-state index is -0.0681. The van der Waals surface area contributed by atoms with Crippen LogP contribution in [0.15, 0.2) is 35.2 Å². The summed E-state index contributed by atoms with van der Waals surface area (Å²) < 4.78 is 10.2. The Balaban J connectivity index is 2.09. The summed E-state index contributed by atoms with van der Waals surface area (Å²) in [6.45, 7) is 2.19. The molecule has 0 radical (unpaired) electrons. The molecule has 1 aromatic carbocycles. The average molecular weight is 219 g/mol. The molecule has 0 fully saturated rings. The third-order valence-corrected chi connectivity index (χ3v) is 2.17. The molecule has 1 heterocycles. The number of para-hydroxylation sites is 1. The van der Waals surface area contributed by atoms with Crippen molar-refractivity contribution < 1.29 is 9.26 Å². The van der Waals surface area contributed by atoms with Gasteiger partial charge >= 0.3 is 0 Å². The third-order valence-electron chi connectivity index (χ3n) is 2.17. The summed E-state index contributed by atoms with van der Waals surface area (Å²) in [5.74, 6) is 1.27. The molecule has 0 aliphatic carbocycles. The van der Waals surface area contributed by atoms with Crippen LogP contribution in [-0.2, 0) is 6.61 Å². The summed E-state index contributed by atoms with van der Waals surface area (Å²) in [6.07, 6.45) is 1.27. The Kier molecular flexibility index (Phi) is 3.16. The molecule has 2 aromatic rings. The van der Waals surface area contributed by atoms with Crippen molar-refractivity contribution in [2.75, 3.05) is 0 Å². The van der Waals surface area contributed by atoms with E-state index in [-0.39, 0.29) is 12.6 Å². The number of benzene rings is 1. The summed E-state index contributed by atoms with van der Waals surface area (Å²) in [5, 5.41) is 3.66. The summed E-state index contributed by atoms with van der Waals surface area (Å²) in [7, 11) is 0. The molecule has 1 aromatic heterocycles. The van der Waals surface area contributed by atoms with E-state index in [1.54, 1.807) is 0 Å². The largest absolute Gasteiger partial charge is 0.485 e. The standard InChI is InChI=1S/C11H13N3O2/c1-8(12)9-4-2-3-5-10(9)15-6-11-13-7-16-14-11/h2-5,7-8H,6,12H2,1H3/t8-/m1/s1. The van der Waals surface area contributed by atoms with Gasteiger partial charge in [-0.3, -0.25) is 0 Å². The Morgan fingerprint density at radius 1 is 1.44 bits per heavy atom. The number of rotatable bonds is 4. The van der Waals surface area contributed by atoms with E-state index in [1.165, 1.54) is 6.39 Å². The second-order valence-electron chi connectivity index (χ2n) is 3.46. The number of nitrogens with two attached hydrogens (primary N) is 1. The van der Waals surface area contributed by atoms with E-state index >= 15 is 0 Å². The molecule has 5 nitrogen and oxygen atoms in total. The second-order valence-corrected chi connectivity index (χ2v) is 3.46. The quantitative estimate of drug-likeness (QED) is 0.846. The molecule has 2 N–H and O–H groups in total. The Bertz CT molecular complexity index is 440. The summed E-state index contributed by atoms with van der Waals surface area (Å²) in [5.41, 5.74) is 6.80. The van der Waals surface area contributed by atoms with E-state index in [0.717, 1.165) is 11.3 Å². The highest BCUT2D eigenvalue weighted by molar-refractivity contribution is 5.35. The topological polar surface area (TPSA) is 74.2 Å². The molecule has 0 saturated heterocycles. The lowest BCUT2D eigenvalue weighted by molar-refractivity contribution is 0.282. The van der Waals surface area contributed by atoms with Crippen molar-refractivity contribution in [1.82, 2.24) is 10.1 Å².